The highest BCUT2D eigenvalue weighted by Gasteiger charge is 2.55. The minimum Gasteiger partial charge on any atom is -0.382 e. The Bertz CT molecular complexity index is 855. The average molecular weight is 328 g/mol. The first-order valence-corrected chi connectivity index (χ1v) is 7.50. The molecule has 0 bridgehead atoms. The maximum Gasteiger partial charge on any atom is 0.167 e. The van der Waals surface area contributed by atoms with Gasteiger partial charge in [0.2, 0.25) is 0 Å². The van der Waals surface area contributed by atoms with Gasteiger partial charge in [-0.3, -0.25) is 4.57 Å². The van der Waals surface area contributed by atoms with Crippen molar-refractivity contribution in [2.75, 3.05) is 5.73 Å². The van der Waals surface area contributed by atoms with Crippen molar-refractivity contribution in [2.24, 2.45) is 0 Å². The number of hydrogen-bond donors (Lipinski definition) is 1. The number of fused-ring (bicyclic) bond motifs is 2. The first kappa shape index (κ1) is 15.0. The fourth-order valence-corrected chi connectivity index (χ4v) is 3.18. The molecule has 2 aromatic rings. The van der Waals surface area contributed by atoms with Crippen LogP contribution in [0.3, 0.4) is 0 Å². The minimum absolute atomic E-state index is 0.304. The van der Waals surface area contributed by atoms with Crippen LogP contribution in [0.4, 0.5) is 5.82 Å². The van der Waals surface area contributed by atoms with Gasteiger partial charge in [-0.15, -0.1) is 0 Å². The number of nitrogen functional groups attached to an aromatic ring is 1. The lowest BCUT2D eigenvalue weighted by atomic mass is 10.1. The molecule has 2 fully saturated rings. The average Bonchev–Trinajstić information content (AvgIpc) is 3.17. The second-order valence-electron chi connectivity index (χ2n) is 6.13. The molecule has 4 rings (SSSR count). The molecule has 2 aromatic heterocycles. The van der Waals surface area contributed by atoms with E-state index in [9.17, 15) is 0 Å². The zero-order chi connectivity index (χ0) is 16.9. The first-order chi connectivity index (χ1) is 11.5. The zero-order valence-corrected chi connectivity index (χ0v) is 13.2. The van der Waals surface area contributed by atoms with E-state index in [0.717, 1.165) is 0 Å². The number of ether oxygens (including phenoxy) is 3. The number of rotatable bonds is 2. The summed E-state index contributed by atoms with van der Waals surface area (Å²) in [7, 11) is 0. The summed E-state index contributed by atoms with van der Waals surface area (Å²) in [5.74, 6) is -0.432. The molecule has 4 atom stereocenters. The van der Waals surface area contributed by atoms with E-state index in [1.54, 1.807) is 17.0 Å². The second kappa shape index (κ2) is 5.24. The lowest BCUT2D eigenvalue weighted by molar-refractivity contribution is -0.191. The predicted octanol–water partition coefficient (Wildman–Crippen LogP) is 0.906. The van der Waals surface area contributed by atoms with E-state index in [4.69, 9.17) is 25.2 Å². The molecule has 9 nitrogen and oxygen atoms in total. The van der Waals surface area contributed by atoms with Gasteiger partial charge < -0.3 is 19.9 Å². The molecule has 0 unspecified atom stereocenters. The number of allylic oxidation sites excluding steroid dienone is 1. The Morgan fingerprint density at radius 1 is 1.29 bits per heavy atom. The molecular weight excluding hydrogens is 312 g/mol. The number of nitrogens with two attached hydrogens (primary N) is 1. The standard InChI is InChI=1S/C15H16N6O3/c1-15(2)23-10-8(4-3-5-16)22-14(11(10)24-15)21-7-20-9-12(17)18-6-19-13(9)21/h3-4,6-8,10-11,14H,1-2H3,(H2,17,18,19)/b4-3+/t8-,10-,11-,14-/m1/s1. The smallest absolute Gasteiger partial charge is 0.167 e. The number of nitrogens with zero attached hydrogens (tertiary/aromatic N) is 5. The molecule has 0 aliphatic carbocycles. The third-order valence-corrected chi connectivity index (χ3v) is 4.09. The molecule has 2 saturated heterocycles. The van der Waals surface area contributed by atoms with Crippen LogP contribution in [0.15, 0.2) is 24.8 Å². The van der Waals surface area contributed by atoms with E-state index >= 15 is 0 Å². The fraction of sp³-hybridized carbons (Fsp3) is 0.467. The van der Waals surface area contributed by atoms with E-state index < -0.39 is 18.1 Å². The number of anilines is 1. The van der Waals surface area contributed by atoms with Gasteiger partial charge >= 0.3 is 0 Å². The minimum atomic E-state index is -0.736. The lowest BCUT2D eigenvalue weighted by Gasteiger charge is -2.23. The molecule has 0 amide bonds. The Morgan fingerprint density at radius 2 is 2.08 bits per heavy atom. The summed E-state index contributed by atoms with van der Waals surface area (Å²) in [6.07, 6.45) is 4.44. The van der Waals surface area contributed by atoms with E-state index in [1.165, 1.54) is 12.4 Å². The van der Waals surface area contributed by atoms with Crippen LogP contribution in [-0.4, -0.2) is 43.6 Å². The Labute approximate surface area is 137 Å². The maximum atomic E-state index is 8.78. The van der Waals surface area contributed by atoms with Gasteiger partial charge in [-0.1, -0.05) is 0 Å². The van der Waals surface area contributed by atoms with Crippen molar-refractivity contribution >= 4 is 17.0 Å². The number of imidazole rings is 1. The van der Waals surface area contributed by atoms with Crippen molar-refractivity contribution in [1.29, 1.82) is 5.26 Å². The summed E-state index contributed by atoms with van der Waals surface area (Å²) < 4.78 is 19.8. The van der Waals surface area contributed by atoms with Gasteiger partial charge in [-0.25, -0.2) is 15.0 Å². The van der Waals surface area contributed by atoms with E-state index in [1.807, 2.05) is 19.9 Å². The van der Waals surface area contributed by atoms with Crippen LogP contribution < -0.4 is 5.73 Å². The van der Waals surface area contributed by atoms with Crippen molar-refractivity contribution in [3.8, 4) is 6.07 Å². The molecule has 24 heavy (non-hydrogen) atoms. The van der Waals surface area contributed by atoms with Crippen LogP contribution in [0.2, 0.25) is 0 Å². The Balaban J connectivity index is 1.75. The quantitative estimate of drug-likeness (QED) is 0.807. The van der Waals surface area contributed by atoms with Crippen LogP contribution in [0, 0.1) is 11.3 Å². The summed E-state index contributed by atoms with van der Waals surface area (Å²) in [4.78, 5) is 12.5. The van der Waals surface area contributed by atoms with Crippen molar-refractivity contribution in [3.63, 3.8) is 0 Å². The molecular formula is C15H16N6O3. The number of hydrogen-bond acceptors (Lipinski definition) is 8. The number of aromatic nitrogens is 4. The van der Waals surface area contributed by atoms with Crippen LogP contribution in [-0.2, 0) is 14.2 Å². The highest BCUT2D eigenvalue weighted by Crippen LogP contribution is 2.44. The van der Waals surface area contributed by atoms with Crippen LogP contribution >= 0.6 is 0 Å². The van der Waals surface area contributed by atoms with Gasteiger partial charge in [0.25, 0.3) is 0 Å². The molecule has 2 aliphatic heterocycles. The maximum absolute atomic E-state index is 8.78. The van der Waals surface area contributed by atoms with Crippen molar-refractivity contribution in [2.45, 2.75) is 44.2 Å². The SMILES string of the molecule is CC1(C)O[C@@H]2[C@H](O1)[C@@H](/C=C/C#N)O[C@H]2n1cnc2c(N)ncnc21. The van der Waals surface area contributed by atoms with Gasteiger partial charge in [0.05, 0.1) is 12.4 Å². The van der Waals surface area contributed by atoms with E-state index in [0.29, 0.717) is 17.0 Å². The fourth-order valence-electron chi connectivity index (χ4n) is 3.18. The summed E-state index contributed by atoms with van der Waals surface area (Å²) in [5, 5.41) is 8.78. The Morgan fingerprint density at radius 3 is 2.88 bits per heavy atom. The monoisotopic (exact) mass is 328 g/mol. The summed E-state index contributed by atoms with van der Waals surface area (Å²) in [6, 6.07) is 1.97. The molecule has 0 aromatic carbocycles. The molecule has 0 saturated carbocycles. The zero-order valence-electron chi connectivity index (χ0n) is 13.2. The lowest BCUT2D eigenvalue weighted by Crippen LogP contribution is -2.28. The van der Waals surface area contributed by atoms with E-state index in [-0.39, 0.29) is 12.2 Å². The van der Waals surface area contributed by atoms with Gasteiger partial charge in [0.1, 0.15) is 30.2 Å². The highest BCUT2D eigenvalue weighted by atomic mass is 16.8. The second-order valence-corrected chi connectivity index (χ2v) is 6.13. The number of nitriles is 1. The van der Waals surface area contributed by atoms with Crippen LogP contribution in [0.5, 0.6) is 0 Å². The normalized spacial score (nSPS) is 31.5. The largest absolute Gasteiger partial charge is 0.382 e. The summed E-state index contributed by atoms with van der Waals surface area (Å²) in [6.45, 7) is 3.69. The Hall–Kier alpha value is -2.54. The third-order valence-electron chi connectivity index (χ3n) is 4.09. The third kappa shape index (κ3) is 2.24. The van der Waals surface area contributed by atoms with Crippen LogP contribution in [0.25, 0.3) is 11.2 Å². The van der Waals surface area contributed by atoms with Crippen molar-refractivity contribution in [3.05, 3.63) is 24.8 Å². The molecule has 9 heteroatoms. The molecule has 0 spiro atoms. The van der Waals surface area contributed by atoms with Gasteiger partial charge in [0.15, 0.2) is 23.5 Å². The van der Waals surface area contributed by atoms with Crippen molar-refractivity contribution in [1.82, 2.24) is 19.5 Å². The first-order valence-electron chi connectivity index (χ1n) is 7.50. The van der Waals surface area contributed by atoms with Gasteiger partial charge in [-0.2, -0.15) is 5.26 Å². The predicted molar refractivity (Wildman–Crippen MR) is 82.2 cm³/mol. The highest BCUT2D eigenvalue weighted by molar-refractivity contribution is 5.81. The summed E-state index contributed by atoms with van der Waals surface area (Å²) in [5.41, 5.74) is 6.91. The topological polar surface area (TPSA) is 121 Å². The Kier molecular flexibility index (Phi) is 3.28. The summed E-state index contributed by atoms with van der Waals surface area (Å²) >= 11 is 0. The molecule has 124 valence electrons. The molecule has 0 radical (unpaired) electrons. The van der Waals surface area contributed by atoms with Crippen molar-refractivity contribution < 1.29 is 14.2 Å². The van der Waals surface area contributed by atoms with Crippen LogP contribution in [0.1, 0.15) is 20.1 Å². The van der Waals surface area contributed by atoms with Gasteiger partial charge in [0, 0.05) is 6.08 Å². The van der Waals surface area contributed by atoms with Gasteiger partial charge in [-0.05, 0) is 19.9 Å². The molecule has 2 aliphatic rings. The molecule has 2 N–H and O–H groups in total. The van der Waals surface area contributed by atoms with E-state index in [2.05, 4.69) is 15.0 Å². The molecule has 4 heterocycles.